The first-order valence-electron chi connectivity index (χ1n) is 6.81. The van der Waals surface area contributed by atoms with Crippen molar-refractivity contribution in [1.82, 2.24) is 4.98 Å². The van der Waals surface area contributed by atoms with Gasteiger partial charge in [0.1, 0.15) is 17.7 Å². The quantitative estimate of drug-likeness (QED) is 0.502. The maximum atomic E-state index is 10.7. The van der Waals surface area contributed by atoms with Crippen molar-refractivity contribution < 1.29 is 19.4 Å². The first kappa shape index (κ1) is 15.2. The minimum absolute atomic E-state index is 0.0923. The number of rotatable bonds is 3. The summed E-state index contributed by atoms with van der Waals surface area (Å²) in [4.78, 5) is 14.7. The first-order valence-corrected chi connectivity index (χ1v) is 7.33. The van der Waals surface area contributed by atoms with Crippen LogP contribution in [0.2, 0.25) is 0 Å². The van der Waals surface area contributed by atoms with Gasteiger partial charge in [0.05, 0.1) is 0 Å². The van der Waals surface area contributed by atoms with Gasteiger partial charge in [-0.2, -0.15) is 12.6 Å². The van der Waals surface area contributed by atoms with E-state index in [1.807, 2.05) is 42.5 Å². The second-order valence-electron chi connectivity index (χ2n) is 4.91. The fraction of sp³-hybridized carbons (Fsp3) is 0.0588. The van der Waals surface area contributed by atoms with E-state index in [1.165, 1.54) is 11.5 Å². The molecular formula is C17H13NO4S. The summed E-state index contributed by atoms with van der Waals surface area (Å²) in [6, 6.07) is 15.0. The van der Waals surface area contributed by atoms with E-state index >= 15 is 0 Å². The predicted octanol–water partition coefficient (Wildman–Crippen LogP) is 3.39. The molecule has 1 heterocycles. The summed E-state index contributed by atoms with van der Waals surface area (Å²) < 4.78 is 5.07. The molecule has 2 aliphatic carbocycles. The van der Waals surface area contributed by atoms with Gasteiger partial charge in [0.25, 0.3) is 0 Å². The molecule has 0 spiro atoms. The summed E-state index contributed by atoms with van der Waals surface area (Å²) >= 11 is 3.88. The Labute approximate surface area is 137 Å². The molecule has 0 saturated carbocycles. The monoisotopic (exact) mass is 327 g/mol. The fourth-order valence-electron chi connectivity index (χ4n) is 2.03. The van der Waals surface area contributed by atoms with E-state index in [-0.39, 0.29) is 5.89 Å². The molecule has 6 heteroatoms. The molecule has 0 radical (unpaired) electrons. The third kappa shape index (κ3) is 3.07. The van der Waals surface area contributed by atoms with Crippen LogP contribution >= 0.6 is 12.6 Å². The molecule has 2 aromatic rings. The Bertz CT molecular complexity index is 937. The van der Waals surface area contributed by atoms with Crippen molar-refractivity contribution in [2.75, 3.05) is 0 Å². The van der Waals surface area contributed by atoms with Crippen molar-refractivity contribution in [1.29, 1.82) is 0 Å². The summed E-state index contributed by atoms with van der Waals surface area (Å²) in [5, 5.41) is 18.6. The number of benzene rings is 2. The van der Waals surface area contributed by atoms with Crippen molar-refractivity contribution in [3.05, 3.63) is 71.1 Å². The lowest BCUT2D eigenvalue weighted by Gasteiger charge is -2.02. The number of carboxylic acids is 1. The van der Waals surface area contributed by atoms with Crippen LogP contribution in [0.5, 0.6) is 5.75 Å². The highest BCUT2D eigenvalue weighted by Gasteiger charge is 2.20. The molecule has 0 amide bonds. The zero-order valence-electron chi connectivity index (χ0n) is 11.9. The van der Waals surface area contributed by atoms with Gasteiger partial charge in [0.15, 0.2) is 5.25 Å². The van der Waals surface area contributed by atoms with Gasteiger partial charge in [-0.05, 0) is 11.3 Å². The number of hydrogen-bond donors (Lipinski definition) is 3. The smallest absolute Gasteiger partial charge is 0.325 e. The topological polar surface area (TPSA) is 83.6 Å². The molecule has 4 rings (SSSR count). The number of aromatic hydroxyl groups is 1. The van der Waals surface area contributed by atoms with Crippen molar-refractivity contribution in [3.8, 4) is 17.0 Å². The number of aliphatic carboxylic acids is 1. The van der Waals surface area contributed by atoms with E-state index in [0.29, 0.717) is 11.4 Å². The number of carboxylic acid groups (broad SMARTS) is 1. The number of aromatic nitrogens is 1. The lowest BCUT2D eigenvalue weighted by Crippen LogP contribution is -2.05. The molecule has 1 atom stereocenters. The van der Waals surface area contributed by atoms with Crippen LogP contribution in [-0.4, -0.2) is 21.2 Å². The van der Waals surface area contributed by atoms with Crippen LogP contribution in [-0.2, 0) is 4.79 Å². The number of carbonyl (C=O) groups is 1. The van der Waals surface area contributed by atoms with E-state index in [0.717, 1.165) is 10.8 Å². The van der Waals surface area contributed by atoms with Gasteiger partial charge in [-0.15, -0.1) is 0 Å². The second-order valence-corrected chi connectivity index (χ2v) is 5.43. The first-order chi connectivity index (χ1) is 11.1. The lowest BCUT2D eigenvalue weighted by atomic mass is 10.1. The SMILES string of the molecule is O=C(O)C(S)c1nc(-c2ccccc2)co1.Oc1cc2ccc1=2. The predicted molar refractivity (Wildman–Crippen MR) is 87.1 cm³/mol. The Morgan fingerprint density at radius 2 is 1.91 bits per heavy atom. The molecule has 0 bridgehead atoms. The molecule has 0 fully saturated rings. The summed E-state index contributed by atoms with van der Waals surface area (Å²) in [5.74, 6) is -0.544. The van der Waals surface area contributed by atoms with Gasteiger partial charge in [0.2, 0.25) is 5.89 Å². The highest BCUT2D eigenvalue weighted by molar-refractivity contribution is 7.81. The van der Waals surface area contributed by atoms with Crippen LogP contribution < -0.4 is 0 Å². The minimum Gasteiger partial charge on any atom is -0.507 e. The molecular weight excluding hydrogens is 314 g/mol. The van der Waals surface area contributed by atoms with Gasteiger partial charge in [0, 0.05) is 10.8 Å². The molecule has 1 unspecified atom stereocenters. The Hall–Kier alpha value is -2.73. The third-order valence-corrected chi connectivity index (χ3v) is 3.81. The van der Waals surface area contributed by atoms with Gasteiger partial charge in [-0.25, -0.2) is 4.98 Å². The zero-order chi connectivity index (χ0) is 16.4. The number of oxazole rings is 1. The molecule has 2 aliphatic rings. The van der Waals surface area contributed by atoms with E-state index in [1.54, 1.807) is 6.07 Å². The maximum absolute atomic E-state index is 10.7. The number of phenols is 1. The van der Waals surface area contributed by atoms with Gasteiger partial charge >= 0.3 is 5.97 Å². The van der Waals surface area contributed by atoms with Crippen LogP contribution in [0.25, 0.3) is 11.3 Å². The average molecular weight is 327 g/mol. The zero-order valence-corrected chi connectivity index (χ0v) is 12.8. The van der Waals surface area contributed by atoms with E-state index in [9.17, 15) is 4.79 Å². The fourth-order valence-corrected chi connectivity index (χ4v) is 2.15. The molecule has 0 saturated heterocycles. The normalized spacial score (nSPS) is 12.0. The second kappa shape index (κ2) is 6.18. The molecule has 116 valence electrons. The number of thiol groups is 1. The Balaban J connectivity index is 0.000000183. The van der Waals surface area contributed by atoms with E-state index < -0.39 is 11.2 Å². The maximum Gasteiger partial charge on any atom is 0.325 e. The summed E-state index contributed by atoms with van der Waals surface area (Å²) in [6.45, 7) is 0. The van der Waals surface area contributed by atoms with E-state index in [4.69, 9.17) is 14.6 Å². The standard InChI is InChI=1S/C11H9NO3S.C6H4O/c13-11(14)9(16)10-12-8(6-15-10)7-4-2-1-3-5-7;7-6-3-4-1-2-5(4)6/h1-6,9,16H,(H,13,14);1-3,7H. The number of phenolic OH excluding ortho intramolecular Hbond substituents is 1. The third-order valence-electron chi connectivity index (χ3n) is 3.37. The molecule has 0 aliphatic heterocycles. The molecule has 5 nitrogen and oxygen atoms in total. The highest BCUT2D eigenvalue weighted by Crippen LogP contribution is 2.24. The number of nitrogens with zero attached hydrogens (tertiary/aromatic N) is 1. The minimum atomic E-state index is -1.08. The van der Waals surface area contributed by atoms with Crippen molar-refractivity contribution in [2.45, 2.75) is 5.25 Å². The Kier molecular flexibility index (Phi) is 4.08. The summed E-state index contributed by atoms with van der Waals surface area (Å²) in [5.41, 5.74) is 1.49. The Morgan fingerprint density at radius 3 is 2.35 bits per heavy atom. The number of hydrogen-bond acceptors (Lipinski definition) is 5. The van der Waals surface area contributed by atoms with Crippen LogP contribution in [0.15, 0.2) is 59.2 Å². The van der Waals surface area contributed by atoms with Crippen molar-refractivity contribution >= 4 is 18.6 Å². The van der Waals surface area contributed by atoms with Crippen LogP contribution in [0.1, 0.15) is 11.1 Å². The molecule has 1 aromatic carbocycles. The molecule has 2 N–H and O–H groups in total. The van der Waals surface area contributed by atoms with E-state index in [2.05, 4.69) is 17.6 Å². The van der Waals surface area contributed by atoms with Crippen LogP contribution in [0.4, 0.5) is 0 Å². The van der Waals surface area contributed by atoms with Crippen LogP contribution in [0, 0.1) is 10.4 Å². The highest BCUT2D eigenvalue weighted by atomic mass is 32.1. The van der Waals surface area contributed by atoms with Crippen molar-refractivity contribution in [3.63, 3.8) is 0 Å². The van der Waals surface area contributed by atoms with Crippen molar-refractivity contribution in [2.24, 2.45) is 0 Å². The van der Waals surface area contributed by atoms with Gasteiger partial charge in [-0.1, -0.05) is 42.5 Å². The summed E-state index contributed by atoms with van der Waals surface area (Å²) in [6.07, 6.45) is 1.43. The molecule has 1 aromatic heterocycles. The Morgan fingerprint density at radius 1 is 1.17 bits per heavy atom. The molecule has 23 heavy (non-hydrogen) atoms. The average Bonchev–Trinajstić information content (AvgIpc) is 3.02. The summed E-state index contributed by atoms with van der Waals surface area (Å²) in [7, 11) is 0. The van der Waals surface area contributed by atoms with Crippen LogP contribution in [0.3, 0.4) is 0 Å². The van der Waals surface area contributed by atoms with Gasteiger partial charge < -0.3 is 14.6 Å². The lowest BCUT2D eigenvalue weighted by molar-refractivity contribution is -0.136. The largest absolute Gasteiger partial charge is 0.507 e. The van der Waals surface area contributed by atoms with Gasteiger partial charge in [-0.3, -0.25) is 4.79 Å².